The smallest absolute Gasteiger partial charge is 0.307 e. The first-order valence-corrected chi connectivity index (χ1v) is 11.2. The van der Waals surface area contributed by atoms with Crippen LogP contribution in [0.5, 0.6) is 0 Å². The molecule has 0 unspecified atom stereocenters. The van der Waals surface area contributed by atoms with E-state index in [1.54, 1.807) is 24.3 Å². The van der Waals surface area contributed by atoms with Crippen LogP contribution >= 0.6 is 23.2 Å². The van der Waals surface area contributed by atoms with Gasteiger partial charge in [-0.1, -0.05) is 52.6 Å². The van der Waals surface area contributed by atoms with Gasteiger partial charge in [-0.3, -0.25) is 4.79 Å². The third-order valence-electron chi connectivity index (χ3n) is 4.88. The van der Waals surface area contributed by atoms with Crippen LogP contribution < -0.4 is 5.73 Å². The molecule has 35 heavy (non-hydrogen) atoms. The molecule has 178 valence electrons. The summed E-state index contributed by atoms with van der Waals surface area (Å²) in [6.45, 7) is 1.86. The summed E-state index contributed by atoms with van der Waals surface area (Å²) in [6.07, 6.45) is 0.557. The number of nitrogens with two attached hydrogens (primary N) is 1. The third kappa shape index (κ3) is 6.17. The zero-order valence-electron chi connectivity index (χ0n) is 18.5. The van der Waals surface area contributed by atoms with Crippen molar-refractivity contribution in [2.75, 3.05) is 5.73 Å². The van der Waals surface area contributed by atoms with Gasteiger partial charge in [-0.05, 0) is 54.4 Å². The number of furan rings is 1. The summed E-state index contributed by atoms with van der Waals surface area (Å²) in [5.74, 6) is 0.639. The van der Waals surface area contributed by atoms with E-state index < -0.39 is 5.97 Å². The number of hydrogen-bond acceptors (Lipinski definition) is 7. The van der Waals surface area contributed by atoms with Crippen LogP contribution in [0.4, 0.5) is 5.95 Å². The number of nitrogen functional groups attached to an aromatic ring is 1. The highest BCUT2D eigenvalue weighted by atomic mass is 35.5. The molecule has 0 amide bonds. The first kappa shape index (κ1) is 24.3. The number of fused-ring (bicyclic) bond motifs is 1. The average Bonchev–Trinajstić information content (AvgIpc) is 3.40. The Morgan fingerprint density at radius 3 is 2.31 bits per heavy atom. The fourth-order valence-electron chi connectivity index (χ4n) is 3.40. The highest BCUT2D eigenvalue weighted by Gasteiger charge is 2.20. The molecular weight excluding hydrogens is 491 g/mol. The number of rotatable bonds is 5. The molecule has 0 saturated heterocycles. The van der Waals surface area contributed by atoms with Gasteiger partial charge >= 0.3 is 5.97 Å². The van der Waals surface area contributed by atoms with E-state index in [-0.39, 0.29) is 12.4 Å². The largest absolute Gasteiger partial charge is 0.481 e. The summed E-state index contributed by atoms with van der Waals surface area (Å²) in [5, 5.41) is 13.8. The molecule has 0 atom stereocenters. The third-order valence-corrected chi connectivity index (χ3v) is 5.35. The van der Waals surface area contributed by atoms with Gasteiger partial charge in [0.05, 0.1) is 6.42 Å². The highest BCUT2D eigenvalue weighted by Crippen LogP contribution is 2.30. The Balaban J connectivity index is 0.000000221. The summed E-state index contributed by atoms with van der Waals surface area (Å²) in [6, 6.07) is 18.1. The van der Waals surface area contributed by atoms with Crippen LogP contribution in [0.2, 0.25) is 10.0 Å². The molecule has 0 saturated carbocycles. The van der Waals surface area contributed by atoms with Gasteiger partial charge in [0.2, 0.25) is 11.5 Å². The maximum Gasteiger partial charge on any atom is 0.307 e. The van der Waals surface area contributed by atoms with Crippen LogP contribution in [0, 0.1) is 6.92 Å². The lowest BCUT2D eigenvalue weighted by Gasteiger charge is -2.01. The lowest BCUT2D eigenvalue weighted by Crippen LogP contribution is -1.99. The van der Waals surface area contributed by atoms with Crippen molar-refractivity contribution >= 4 is 46.2 Å². The Morgan fingerprint density at radius 2 is 1.69 bits per heavy atom. The zero-order valence-corrected chi connectivity index (χ0v) is 20.0. The van der Waals surface area contributed by atoms with Gasteiger partial charge in [0.15, 0.2) is 11.5 Å². The molecule has 0 radical (unpaired) electrons. The second-order valence-corrected chi connectivity index (χ2v) is 8.53. The van der Waals surface area contributed by atoms with Crippen LogP contribution in [0.25, 0.3) is 22.6 Å². The van der Waals surface area contributed by atoms with Crippen molar-refractivity contribution < 1.29 is 18.8 Å². The molecule has 0 aliphatic rings. The van der Waals surface area contributed by atoms with Gasteiger partial charge in [-0.25, -0.2) is 9.97 Å². The first-order valence-electron chi connectivity index (χ1n) is 10.5. The van der Waals surface area contributed by atoms with Crippen molar-refractivity contribution in [3.63, 3.8) is 0 Å². The molecule has 0 fully saturated rings. The van der Waals surface area contributed by atoms with E-state index in [1.807, 2.05) is 43.3 Å². The Bertz CT molecular complexity index is 1500. The highest BCUT2D eigenvalue weighted by molar-refractivity contribution is 6.30. The number of nitrogens with zero attached hydrogens (tertiary/aromatic N) is 3. The fourth-order valence-corrected chi connectivity index (χ4v) is 3.83. The second kappa shape index (κ2) is 10.6. The minimum Gasteiger partial charge on any atom is -0.481 e. The Labute approximate surface area is 210 Å². The Morgan fingerprint density at radius 1 is 1.00 bits per heavy atom. The summed E-state index contributed by atoms with van der Waals surface area (Å²) in [7, 11) is 0. The SMILES string of the molecule is Cc1ccc(-c2nc(N)nc3c(Cc4cccc(Cl)c4)noc23)o1.O=C(O)Cc1cccc(Cl)c1. The monoisotopic (exact) mass is 510 g/mol. The van der Waals surface area contributed by atoms with Gasteiger partial charge in [-0.15, -0.1) is 0 Å². The summed E-state index contributed by atoms with van der Waals surface area (Å²) in [5.41, 5.74) is 9.79. The van der Waals surface area contributed by atoms with Crippen LogP contribution in [-0.2, 0) is 17.6 Å². The van der Waals surface area contributed by atoms with Gasteiger partial charge in [0.25, 0.3) is 0 Å². The first-order chi connectivity index (χ1) is 16.8. The fraction of sp³-hybridized carbons (Fsp3) is 0.120. The lowest BCUT2D eigenvalue weighted by atomic mass is 10.1. The number of halogens is 2. The van der Waals surface area contributed by atoms with Crippen molar-refractivity contribution in [3.05, 3.63) is 93.3 Å². The summed E-state index contributed by atoms with van der Waals surface area (Å²) >= 11 is 11.7. The molecule has 2 aromatic carbocycles. The molecule has 0 aliphatic heterocycles. The number of aryl methyl sites for hydroxylation is 1. The minimum atomic E-state index is -0.840. The number of carbonyl (C=O) groups is 1. The van der Waals surface area contributed by atoms with Crippen molar-refractivity contribution in [2.24, 2.45) is 0 Å². The molecule has 3 heterocycles. The molecule has 0 spiro atoms. The number of anilines is 1. The van der Waals surface area contributed by atoms with Crippen LogP contribution in [0.3, 0.4) is 0 Å². The predicted octanol–water partition coefficient (Wildman–Crippen LogP) is 5.98. The van der Waals surface area contributed by atoms with Gasteiger partial charge in [0.1, 0.15) is 17.0 Å². The van der Waals surface area contributed by atoms with E-state index in [0.717, 1.165) is 16.9 Å². The van der Waals surface area contributed by atoms with E-state index in [9.17, 15) is 4.79 Å². The average molecular weight is 511 g/mol. The summed E-state index contributed by atoms with van der Waals surface area (Å²) in [4.78, 5) is 18.8. The number of aliphatic carboxylic acids is 1. The minimum absolute atomic E-state index is 0.0283. The molecule has 5 aromatic rings. The number of aromatic nitrogens is 3. The van der Waals surface area contributed by atoms with Crippen molar-refractivity contribution in [1.29, 1.82) is 0 Å². The van der Waals surface area contributed by atoms with E-state index in [1.165, 1.54) is 0 Å². The Hall–Kier alpha value is -3.88. The van der Waals surface area contributed by atoms with Gasteiger partial charge in [-0.2, -0.15) is 0 Å². The number of benzene rings is 2. The van der Waals surface area contributed by atoms with E-state index in [4.69, 9.17) is 43.0 Å². The number of carboxylic acid groups (broad SMARTS) is 1. The van der Waals surface area contributed by atoms with Crippen molar-refractivity contribution in [1.82, 2.24) is 15.1 Å². The van der Waals surface area contributed by atoms with Crippen LogP contribution in [-0.4, -0.2) is 26.2 Å². The molecule has 8 nitrogen and oxygen atoms in total. The van der Waals surface area contributed by atoms with E-state index in [2.05, 4.69) is 15.1 Å². The molecule has 10 heteroatoms. The second-order valence-electron chi connectivity index (χ2n) is 7.65. The molecule has 0 bridgehead atoms. The van der Waals surface area contributed by atoms with Gasteiger partial charge in [0, 0.05) is 16.5 Å². The van der Waals surface area contributed by atoms with Crippen molar-refractivity contribution in [2.45, 2.75) is 19.8 Å². The standard InChI is InChI=1S/C17H13ClN4O2.C8H7ClO2/c1-9-5-6-13(23-9)15-16-14(20-17(19)21-15)12(22-24-16)8-10-3-2-4-11(18)7-10;9-7-3-1-2-6(4-7)5-8(10)11/h2-7H,8H2,1H3,(H2,19,20,21);1-4H,5H2,(H,10,11). The molecule has 5 rings (SSSR count). The molecule has 3 N–H and O–H groups in total. The number of carboxylic acids is 1. The lowest BCUT2D eigenvalue weighted by molar-refractivity contribution is -0.136. The number of hydrogen-bond donors (Lipinski definition) is 2. The van der Waals surface area contributed by atoms with Crippen LogP contribution in [0.15, 0.2) is 69.6 Å². The normalized spacial score (nSPS) is 10.7. The summed E-state index contributed by atoms with van der Waals surface area (Å²) < 4.78 is 11.1. The van der Waals surface area contributed by atoms with E-state index in [0.29, 0.717) is 44.7 Å². The maximum absolute atomic E-state index is 10.2. The zero-order chi connectivity index (χ0) is 24.9. The maximum atomic E-state index is 10.2. The molecule has 0 aliphatic carbocycles. The van der Waals surface area contributed by atoms with Crippen LogP contribution in [0.1, 0.15) is 22.6 Å². The molecule has 3 aromatic heterocycles. The predicted molar refractivity (Wildman–Crippen MR) is 134 cm³/mol. The topological polar surface area (TPSA) is 128 Å². The van der Waals surface area contributed by atoms with Crippen molar-refractivity contribution in [3.8, 4) is 11.5 Å². The van der Waals surface area contributed by atoms with Gasteiger partial charge < -0.3 is 19.8 Å². The Kier molecular flexibility index (Phi) is 7.33. The molecular formula is C25H20Cl2N4O4. The quantitative estimate of drug-likeness (QED) is 0.295. The van der Waals surface area contributed by atoms with E-state index >= 15 is 0 Å².